The molecule has 0 bridgehead atoms. The van der Waals surface area contributed by atoms with Crippen molar-refractivity contribution in [1.29, 1.82) is 0 Å². The maximum Gasteiger partial charge on any atom is 0.322 e. The number of nitrogens with zero attached hydrogens (tertiary/aromatic N) is 2. The van der Waals surface area contributed by atoms with Crippen LogP contribution in [-0.4, -0.2) is 58.1 Å². The average Bonchev–Trinajstić information content (AvgIpc) is 2.75. The van der Waals surface area contributed by atoms with E-state index in [2.05, 4.69) is 10.3 Å². The number of carboxylic acid groups (broad SMARTS) is 1. The molecule has 2 aromatic rings. The van der Waals surface area contributed by atoms with Crippen LogP contribution in [0.1, 0.15) is 12.0 Å². The summed E-state index contributed by atoms with van der Waals surface area (Å²) in [6.07, 6.45) is 1.78. The van der Waals surface area contributed by atoms with E-state index >= 15 is 0 Å². The molecule has 1 aromatic heterocycles. The Balaban J connectivity index is 1.71. The number of amides is 2. The molecule has 9 nitrogen and oxygen atoms in total. The van der Waals surface area contributed by atoms with Crippen LogP contribution in [0.4, 0.5) is 0 Å². The van der Waals surface area contributed by atoms with Crippen LogP contribution in [0.2, 0.25) is 0 Å². The highest BCUT2D eigenvalue weighted by Gasteiger charge is 2.32. The standard InChI is InChI=1S/C21H21N3O6/c1-30-17-10-15(6-8-22-17)14-4-2-13(3-5-14)12-24-9-7-16(25)19(21(24)29)20(28)23-11-18(26)27/h2-6,8,10,25H,7,9,11-12H2,1H3,(H,23,28)(H,26,27). The Morgan fingerprint density at radius 1 is 1.20 bits per heavy atom. The maximum atomic E-state index is 12.7. The van der Waals surface area contributed by atoms with Gasteiger partial charge >= 0.3 is 5.97 Å². The highest BCUT2D eigenvalue weighted by atomic mass is 16.5. The number of hydrogen-bond acceptors (Lipinski definition) is 6. The normalized spacial score (nSPS) is 13.9. The average molecular weight is 411 g/mol. The second-order valence-electron chi connectivity index (χ2n) is 6.66. The first-order valence-corrected chi connectivity index (χ1v) is 9.19. The molecule has 1 aliphatic rings. The number of benzene rings is 1. The minimum atomic E-state index is -1.24. The number of aliphatic hydroxyl groups excluding tert-OH is 1. The monoisotopic (exact) mass is 411 g/mol. The van der Waals surface area contributed by atoms with Gasteiger partial charge in [0.1, 0.15) is 17.9 Å². The van der Waals surface area contributed by atoms with Crippen LogP contribution in [0.25, 0.3) is 11.1 Å². The lowest BCUT2D eigenvalue weighted by Crippen LogP contribution is -2.43. The third-order valence-corrected chi connectivity index (χ3v) is 4.64. The summed E-state index contributed by atoms with van der Waals surface area (Å²) in [5, 5.41) is 20.8. The zero-order valence-corrected chi connectivity index (χ0v) is 16.3. The molecule has 0 radical (unpaired) electrons. The zero-order chi connectivity index (χ0) is 21.7. The third kappa shape index (κ3) is 4.75. The first kappa shape index (κ1) is 20.8. The first-order chi connectivity index (χ1) is 14.4. The Labute approximate surface area is 172 Å². The number of rotatable bonds is 7. The summed E-state index contributed by atoms with van der Waals surface area (Å²) >= 11 is 0. The molecule has 1 aromatic carbocycles. The molecule has 2 amide bonds. The van der Waals surface area contributed by atoms with E-state index in [1.54, 1.807) is 13.3 Å². The van der Waals surface area contributed by atoms with Gasteiger partial charge in [-0.3, -0.25) is 14.4 Å². The molecular weight excluding hydrogens is 390 g/mol. The van der Waals surface area contributed by atoms with Gasteiger partial charge in [-0.15, -0.1) is 0 Å². The fourth-order valence-corrected chi connectivity index (χ4v) is 3.10. The van der Waals surface area contributed by atoms with Crippen molar-refractivity contribution in [3.63, 3.8) is 0 Å². The molecule has 0 fully saturated rings. The summed E-state index contributed by atoms with van der Waals surface area (Å²) < 4.78 is 5.14. The number of aliphatic hydroxyl groups is 1. The number of carboxylic acids is 1. The molecule has 9 heteroatoms. The molecule has 0 saturated carbocycles. The fourth-order valence-electron chi connectivity index (χ4n) is 3.10. The van der Waals surface area contributed by atoms with Gasteiger partial charge in [-0.25, -0.2) is 4.98 Å². The van der Waals surface area contributed by atoms with Crippen molar-refractivity contribution in [1.82, 2.24) is 15.2 Å². The van der Waals surface area contributed by atoms with Crippen LogP contribution in [0, 0.1) is 0 Å². The van der Waals surface area contributed by atoms with Crippen molar-refractivity contribution >= 4 is 17.8 Å². The Morgan fingerprint density at radius 2 is 1.93 bits per heavy atom. The highest BCUT2D eigenvalue weighted by molar-refractivity contribution is 6.19. The molecule has 1 aliphatic heterocycles. The number of nitrogens with one attached hydrogen (secondary N) is 1. The van der Waals surface area contributed by atoms with E-state index in [1.807, 2.05) is 36.4 Å². The molecule has 3 rings (SSSR count). The summed E-state index contributed by atoms with van der Waals surface area (Å²) in [5.41, 5.74) is 2.33. The van der Waals surface area contributed by atoms with Gasteiger partial charge in [0.2, 0.25) is 5.88 Å². The summed E-state index contributed by atoms with van der Waals surface area (Å²) in [4.78, 5) is 40.9. The molecule has 0 saturated heterocycles. The van der Waals surface area contributed by atoms with Crippen LogP contribution in [0.5, 0.6) is 5.88 Å². The largest absolute Gasteiger partial charge is 0.511 e. The van der Waals surface area contributed by atoms with Gasteiger partial charge in [0, 0.05) is 31.8 Å². The van der Waals surface area contributed by atoms with E-state index in [0.29, 0.717) is 5.88 Å². The van der Waals surface area contributed by atoms with Crippen LogP contribution in [0.3, 0.4) is 0 Å². The third-order valence-electron chi connectivity index (χ3n) is 4.64. The molecular formula is C21H21N3O6. The van der Waals surface area contributed by atoms with E-state index < -0.39 is 29.9 Å². The van der Waals surface area contributed by atoms with Crippen molar-refractivity contribution in [3.8, 4) is 17.0 Å². The van der Waals surface area contributed by atoms with Gasteiger partial charge in [-0.1, -0.05) is 24.3 Å². The van der Waals surface area contributed by atoms with Gasteiger partial charge in [0.15, 0.2) is 0 Å². The van der Waals surface area contributed by atoms with E-state index in [9.17, 15) is 19.5 Å². The topological polar surface area (TPSA) is 129 Å². The predicted octanol–water partition coefficient (Wildman–Crippen LogP) is 1.50. The molecule has 156 valence electrons. The van der Waals surface area contributed by atoms with Crippen LogP contribution >= 0.6 is 0 Å². The summed E-state index contributed by atoms with van der Waals surface area (Å²) in [7, 11) is 1.55. The van der Waals surface area contributed by atoms with Crippen molar-refractivity contribution in [2.45, 2.75) is 13.0 Å². The highest BCUT2D eigenvalue weighted by Crippen LogP contribution is 2.24. The number of carbonyl (C=O) groups is 3. The SMILES string of the molecule is COc1cc(-c2ccc(CN3CCC(O)=C(C(=O)NCC(=O)O)C3=O)cc2)ccn1. The molecule has 30 heavy (non-hydrogen) atoms. The molecule has 0 atom stereocenters. The Morgan fingerprint density at radius 3 is 2.60 bits per heavy atom. The maximum absolute atomic E-state index is 12.7. The predicted molar refractivity (Wildman–Crippen MR) is 107 cm³/mol. The van der Waals surface area contributed by atoms with E-state index in [0.717, 1.165) is 16.7 Å². The van der Waals surface area contributed by atoms with Crippen molar-refractivity contribution in [2.24, 2.45) is 0 Å². The van der Waals surface area contributed by atoms with Gasteiger partial charge in [0.05, 0.1) is 7.11 Å². The lowest BCUT2D eigenvalue weighted by Gasteiger charge is -2.28. The quantitative estimate of drug-likeness (QED) is 0.589. The fraction of sp³-hybridized carbons (Fsp3) is 0.238. The van der Waals surface area contributed by atoms with Gasteiger partial charge in [0.25, 0.3) is 11.8 Å². The molecule has 0 spiro atoms. The Kier molecular flexibility index (Phi) is 6.31. The van der Waals surface area contributed by atoms with Gasteiger partial charge in [-0.2, -0.15) is 0 Å². The number of aromatic nitrogens is 1. The number of aliphatic carboxylic acids is 1. The number of pyridine rings is 1. The number of ether oxygens (including phenoxy) is 1. The summed E-state index contributed by atoms with van der Waals surface area (Å²) in [6, 6.07) is 11.2. The van der Waals surface area contributed by atoms with E-state index in [1.165, 1.54) is 4.90 Å². The molecule has 2 heterocycles. The minimum Gasteiger partial charge on any atom is -0.511 e. The summed E-state index contributed by atoms with van der Waals surface area (Å²) in [5.74, 6) is -2.59. The second-order valence-corrected chi connectivity index (χ2v) is 6.66. The second kappa shape index (κ2) is 9.08. The van der Waals surface area contributed by atoms with E-state index in [-0.39, 0.29) is 25.3 Å². The summed E-state index contributed by atoms with van der Waals surface area (Å²) in [6.45, 7) is -0.129. The zero-order valence-electron chi connectivity index (χ0n) is 16.3. The molecule has 0 unspecified atom stereocenters. The van der Waals surface area contributed by atoms with Crippen molar-refractivity contribution in [2.75, 3.05) is 20.2 Å². The molecule has 0 aliphatic carbocycles. The van der Waals surface area contributed by atoms with Crippen molar-refractivity contribution < 1.29 is 29.3 Å². The van der Waals surface area contributed by atoms with Crippen LogP contribution in [0.15, 0.2) is 53.9 Å². The lowest BCUT2D eigenvalue weighted by molar-refractivity contribution is -0.138. The Bertz CT molecular complexity index is 1000. The smallest absolute Gasteiger partial charge is 0.322 e. The molecule has 3 N–H and O–H groups in total. The Hall–Kier alpha value is -3.88. The van der Waals surface area contributed by atoms with Crippen molar-refractivity contribution in [3.05, 3.63) is 59.5 Å². The van der Waals surface area contributed by atoms with Crippen LogP contribution < -0.4 is 10.1 Å². The first-order valence-electron chi connectivity index (χ1n) is 9.19. The number of carbonyl (C=O) groups excluding carboxylic acids is 2. The number of methoxy groups -OCH3 is 1. The van der Waals surface area contributed by atoms with Crippen LogP contribution in [-0.2, 0) is 20.9 Å². The van der Waals surface area contributed by atoms with E-state index in [4.69, 9.17) is 9.84 Å². The van der Waals surface area contributed by atoms with Gasteiger partial charge in [-0.05, 0) is 22.8 Å². The van der Waals surface area contributed by atoms with Gasteiger partial charge < -0.3 is 25.2 Å². The minimum absolute atomic E-state index is 0.121. The lowest BCUT2D eigenvalue weighted by atomic mass is 10.0. The number of hydrogen-bond donors (Lipinski definition) is 3.